The third-order valence-electron chi connectivity index (χ3n) is 3.93. The molecule has 2 aromatic heterocycles. The predicted octanol–water partition coefficient (Wildman–Crippen LogP) is 3.68. The molecule has 3 heterocycles. The van der Waals surface area contributed by atoms with Crippen molar-refractivity contribution in [1.82, 2.24) is 10.2 Å². The molecule has 0 radical (unpaired) electrons. The van der Waals surface area contributed by atoms with E-state index in [9.17, 15) is 0 Å². The molecule has 0 spiro atoms. The van der Waals surface area contributed by atoms with Gasteiger partial charge in [0.1, 0.15) is 16.6 Å². The largest absolute Gasteiger partial charge is 0.379 e. The van der Waals surface area contributed by atoms with Gasteiger partial charge in [0.25, 0.3) is 0 Å². The molecule has 4 rings (SSSR count). The van der Waals surface area contributed by atoms with E-state index in [4.69, 9.17) is 14.5 Å². The van der Waals surface area contributed by atoms with E-state index < -0.39 is 0 Å². The number of aromatic nitrogens is 1. The van der Waals surface area contributed by atoms with Crippen LogP contribution in [0, 0.1) is 11.3 Å². The molecule has 0 unspecified atom stereocenters. The molecule has 8 heteroatoms. The normalized spacial score (nSPS) is 14.7. The first-order valence-electron chi connectivity index (χ1n) is 8.23. The van der Waals surface area contributed by atoms with Gasteiger partial charge in [0.2, 0.25) is 5.88 Å². The standard InChI is InChI=1S/C18H17N5O2S/c19-12-15-5-6-17(26-15)16-11-18(25-22-16)20-13-1-3-14(4-2-13)21-23-7-9-24-10-8-23/h1-6,11,20-21H,7-10H2. The third kappa shape index (κ3) is 3.86. The van der Waals surface area contributed by atoms with Crippen LogP contribution in [-0.4, -0.2) is 36.5 Å². The van der Waals surface area contributed by atoms with Crippen molar-refractivity contribution >= 4 is 28.6 Å². The smallest absolute Gasteiger partial charge is 0.229 e. The van der Waals surface area contributed by atoms with Gasteiger partial charge in [0.15, 0.2) is 0 Å². The average molecular weight is 367 g/mol. The summed E-state index contributed by atoms with van der Waals surface area (Å²) in [6, 6.07) is 15.6. The van der Waals surface area contributed by atoms with Gasteiger partial charge >= 0.3 is 0 Å². The second kappa shape index (κ2) is 7.58. The first kappa shape index (κ1) is 16.6. The van der Waals surface area contributed by atoms with Crippen LogP contribution in [0.2, 0.25) is 0 Å². The number of benzene rings is 1. The van der Waals surface area contributed by atoms with Gasteiger partial charge in [-0.2, -0.15) is 5.26 Å². The SMILES string of the molecule is N#Cc1ccc(-c2cc(Nc3ccc(NN4CCOCC4)cc3)on2)s1. The van der Waals surface area contributed by atoms with Gasteiger partial charge in [-0.3, -0.25) is 0 Å². The molecule has 1 fully saturated rings. The summed E-state index contributed by atoms with van der Waals surface area (Å²) in [4.78, 5) is 1.56. The van der Waals surface area contributed by atoms with Gasteiger partial charge in [0, 0.05) is 30.5 Å². The van der Waals surface area contributed by atoms with Crippen LogP contribution in [0.5, 0.6) is 0 Å². The Balaban J connectivity index is 1.39. The highest BCUT2D eigenvalue weighted by atomic mass is 32.1. The van der Waals surface area contributed by atoms with Crippen LogP contribution < -0.4 is 10.7 Å². The molecular formula is C18H17N5O2S. The molecule has 0 amide bonds. The summed E-state index contributed by atoms with van der Waals surface area (Å²) in [7, 11) is 0. The maximum absolute atomic E-state index is 8.91. The zero-order valence-electron chi connectivity index (χ0n) is 13.9. The van der Waals surface area contributed by atoms with E-state index in [2.05, 4.69) is 27.0 Å². The Morgan fingerprint density at radius 3 is 2.58 bits per heavy atom. The lowest BCUT2D eigenvalue weighted by atomic mass is 10.3. The number of morpholine rings is 1. The number of ether oxygens (including phenoxy) is 1. The first-order chi connectivity index (χ1) is 12.8. The summed E-state index contributed by atoms with van der Waals surface area (Å²) >= 11 is 1.39. The highest BCUT2D eigenvalue weighted by Gasteiger charge is 2.11. The lowest BCUT2D eigenvalue weighted by Gasteiger charge is -2.27. The maximum atomic E-state index is 8.91. The van der Waals surface area contributed by atoms with Gasteiger partial charge < -0.3 is 20.0 Å². The third-order valence-corrected chi connectivity index (χ3v) is 4.94. The van der Waals surface area contributed by atoms with E-state index in [-0.39, 0.29) is 0 Å². The Kier molecular flexibility index (Phi) is 4.84. The predicted molar refractivity (Wildman–Crippen MR) is 100 cm³/mol. The van der Waals surface area contributed by atoms with Crippen molar-refractivity contribution < 1.29 is 9.26 Å². The fourth-order valence-corrected chi connectivity index (χ4v) is 3.37. The summed E-state index contributed by atoms with van der Waals surface area (Å²) in [5.74, 6) is 0.556. The molecule has 1 aromatic carbocycles. The molecule has 0 saturated carbocycles. The zero-order valence-corrected chi connectivity index (χ0v) is 14.8. The Morgan fingerprint density at radius 2 is 1.85 bits per heavy atom. The Hall–Kier alpha value is -2.86. The first-order valence-corrected chi connectivity index (χ1v) is 9.05. The fraction of sp³-hybridized carbons (Fsp3) is 0.222. The van der Waals surface area contributed by atoms with Crippen molar-refractivity contribution in [3.8, 4) is 16.6 Å². The van der Waals surface area contributed by atoms with Gasteiger partial charge in [-0.1, -0.05) is 5.16 Å². The van der Waals surface area contributed by atoms with Crippen molar-refractivity contribution in [2.45, 2.75) is 0 Å². The van der Waals surface area contributed by atoms with Gasteiger partial charge in [-0.25, -0.2) is 5.01 Å². The van der Waals surface area contributed by atoms with E-state index in [0.29, 0.717) is 16.5 Å². The quantitative estimate of drug-likeness (QED) is 0.711. The minimum atomic E-state index is 0.556. The maximum Gasteiger partial charge on any atom is 0.229 e. The topological polar surface area (TPSA) is 86.4 Å². The highest BCUT2D eigenvalue weighted by Crippen LogP contribution is 2.29. The molecule has 0 atom stereocenters. The van der Waals surface area contributed by atoms with Crippen molar-refractivity contribution in [2.24, 2.45) is 0 Å². The van der Waals surface area contributed by atoms with Gasteiger partial charge in [-0.05, 0) is 36.4 Å². The molecule has 1 saturated heterocycles. The lowest BCUT2D eigenvalue weighted by Crippen LogP contribution is -2.40. The van der Waals surface area contributed by atoms with Crippen LogP contribution in [0.3, 0.4) is 0 Å². The van der Waals surface area contributed by atoms with Crippen LogP contribution in [0.15, 0.2) is 47.0 Å². The molecule has 7 nitrogen and oxygen atoms in total. The molecule has 1 aliphatic rings. The Morgan fingerprint density at radius 1 is 1.08 bits per heavy atom. The van der Waals surface area contributed by atoms with Crippen LogP contribution in [-0.2, 0) is 4.74 Å². The van der Waals surface area contributed by atoms with E-state index in [1.54, 1.807) is 6.07 Å². The van der Waals surface area contributed by atoms with Crippen LogP contribution >= 0.6 is 11.3 Å². The summed E-state index contributed by atoms with van der Waals surface area (Å²) in [5.41, 5.74) is 6.02. The molecule has 2 N–H and O–H groups in total. The molecule has 0 bridgehead atoms. The van der Waals surface area contributed by atoms with E-state index in [1.165, 1.54) is 11.3 Å². The molecule has 26 heavy (non-hydrogen) atoms. The van der Waals surface area contributed by atoms with Crippen LogP contribution in [0.4, 0.5) is 17.3 Å². The summed E-state index contributed by atoms with van der Waals surface area (Å²) < 4.78 is 10.7. The van der Waals surface area contributed by atoms with Crippen molar-refractivity contribution in [2.75, 3.05) is 37.0 Å². The number of hydrogen-bond acceptors (Lipinski definition) is 8. The van der Waals surface area contributed by atoms with Crippen LogP contribution in [0.25, 0.3) is 10.6 Å². The second-order valence-corrected chi connectivity index (χ2v) is 6.85. The number of nitrogens with one attached hydrogen (secondary N) is 2. The van der Waals surface area contributed by atoms with E-state index >= 15 is 0 Å². The molecule has 3 aromatic rings. The average Bonchev–Trinajstić information content (AvgIpc) is 3.33. The van der Waals surface area contributed by atoms with E-state index in [0.717, 1.165) is 42.6 Å². The number of nitriles is 1. The summed E-state index contributed by atoms with van der Waals surface area (Å²) in [6.07, 6.45) is 0. The van der Waals surface area contributed by atoms with Gasteiger partial charge in [-0.15, -0.1) is 11.3 Å². The Bertz CT molecular complexity index is 906. The number of nitrogens with zero attached hydrogens (tertiary/aromatic N) is 3. The number of hydrogen-bond donors (Lipinski definition) is 2. The lowest BCUT2D eigenvalue weighted by molar-refractivity contribution is 0.0497. The minimum absolute atomic E-state index is 0.556. The molecular weight excluding hydrogens is 350 g/mol. The number of hydrazine groups is 1. The van der Waals surface area contributed by atoms with Gasteiger partial charge in [0.05, 0.1) is 18.1 Å². The fourth-order valence-electron chi connectivity index (χ4n) is 2.61. The Labute approximate surface area is 154 Å². The zero-order chi connectivity index (χ0) is 17.8. The number of thiophene rings is 1. The summed E-state index contributed by atoms with van der Waals surface area (Å²) in [5, 5.41) is 18.3. The molecule has 1 aliphatic heterocycles. The monoisotopic (exact) mass is 367 g/mol. The van der Waals surface area contributed by atoms with Crippen molar-refractivity contribution in [3.63, 3.8) is 0 Å². The van der Waals surface area contributed by atoms with Crippen molar-refractivity contribution in [1.29, 1.82) is 5.26 Å². The minimum Gasteiger partial charge on any atom is -0.379 e. The van der Waals surface area contributed by atoms with Crippen molar-refractivity contribution in [3.05, 3.63) is 47.3 Å². The highest BCUT2D eigenvalue weighted by molar-refractivity contribution is 7.15. The number of anilines is 3. The second-order valence-electron chi connectivity index (χ2n) is 5.77. The van der Waals surface area contributed by atoms with Crippen LogP contribution in [0.1, 0.15) is 4.88 Å². The summed E-state index contributed by atoms with van der Waals surface area (Å²) in [6.45, 7) is 3.25. The molecule has 0 aliphatic carbocycles. The number of rotatable bonds is 5. The molecule has 132 valence electrons. The van der Waals surface area contributed by atoms with E-state index in [1.807, 2.05) is 36.4 Å².